The molecule has 18 heavy (non-hydrogen) atoms. The Hall–Kier alpha value is -1.94. The summed E-state index contributed by atoms with van der Waals surface area (Å²) in [7, 11) is 0. The molecule has 1 heterocycles. The molecule has 0 aliphatic carbocycles. The molecule has 0 bridgehead atoms. The molecule has 4 heteroatoms. The third kappa shape index (κ3) is 3.28. The molecule has 1 amide bonds. The Morgan fingerprint density at radius 2 is 2.17 bits per heavy atom. The number of nitrogens with zero attached hydrogens (tertiary/aromatic N) is 1. The molecule has 0 saturated heterocycles. The third-order valence-corrected chi connectivity index (χ3v) is 3.28. The molecule has 0 saturated carbocycles. The van der Waals surface area contributed by atoms with Crippen LogP contribution in [0.15, 0.2) is 42.3 Å². The number of amides is 1. The highest BCUT2D eigenvalue weighted by Crippen LogP contribution is 2.15. The summed E-state index contributed by atoms with van der Waals surface area (Å²) in [6.45, 7) is 5.42. The maximum Gasteiger partial charge on any atom is 0.247 e. The average Bonchev–Trinajstić information content (AvgIpc) is 2.77. The summed E-state index contributed by atoms with van der Waals surface area (Å²) in [5.74, 6) is -0.196. The lowest BCUT2D eigenvalue weighted by Gasteiger charge is -2.03. The molecule has 3 nitrogen and oxygen atoms in total. The van der Waals surface area contributed by atoms with Crippen LogP contribution in [0.5, 0.6) is 0 Å². The molecular formula is C14H14N2OS. The van der Waals surface area contributed by atoms with Crippen molar-refractivity contribution in [3.63, 3.8) is 0 Å². The van der Waals surface area contributed by atoms with Gasteiger partial charge in [-0.05, 0) is 30.7 Å². The zero-order valence-electron chi connectivity index (χ0n) is 10.1. The number of nitrogens with one attached hydrogen (secondary N) is 1. The molecule has 0 spiro atoms. The van der Waals surface area contributed by atoms with Crippen LogP contribution < -0.4 is 5.32 Å². The number of anilines is 1. The van der Waals surface area contributed by atoms with Crippen LogP contribution in [0.1, 0.15) is 16.3 Å². The molecule has 0 aliphatic rings. The standard InChI is InChI=1S/C14H14N2OS/c1-3-14(17)16-12-6-4-11(5-7-12)8-13-9-18-10(2)15-13/h3-7,9H,1,8H2,2H3,(H,16,17). The van der Waals surface area contributed by atoms with Crippen molar-refractivity contribution in [3.05, 3.63) is 58.6 Å². The average molecular weight is 258 g/mol. The summed E-state index contributed by atoms with van der Waals surface area (Å²) in [5, 5.41) is 5.87. The van der Waals surface area contributed by atoms with Crippen molar-refractivity contribution in [3.8, 4) is 0 Å². The van der Waals surface area contributed by atoms with E-state index in [-0.39, 0.29) is 5.91 Å². The number of aryl methyl sites for hydroxylation is 1. The minimum Gasteiger partial charge on any atom is -0.323 e. The Labute approximate surface area is 110 Å². The molecule has 0 unspecified atom stereocenters. The van der Waals surface area contributed by atoms with Crippen molar-refractivity contribution in [2.75, 3.05) is 5.32 Å². The summed E-state index contributed by atoms with van der Waals surface area (Å²) in [5.41, 5.74) is 3.04. The second kappa shape index (κ2) is 5.60. The normalized spacial score (nSPS) is 10.1. The van der Waals surface area contributed by atoms with Gasteiger partial charge in [-0.3, -0.25) is 4.79 Å². The van der Waals surface area contributed by atoms with E-state index >= 15 is 0 Å². The Kier molecular flexibility index (Phi) is 3.89. The van der Waals surface area contributed by atoms with Crippen molar-refractivity contribution >= 4 is 22.9 Å². The minimum atomic E-state index is -0.196. The summed E-state index contributed by atoms with van der Waals surface area (Å²) >= 11 is 1.66. The maximum absolute atomic E-state index is 11.1. The van der Waals surface area contributed by atoms with Gasteiger partial charge in [0.05, 0.1) is 10.7 Å². The van der Waals surface area contributed by atoms with Gasteiger partial charge >= 0.3 is 0 Å². The first-order valence-corrected chi connectivity index (χ1v) is 6.48. The lowest BCUT2D eigenvalue weighted by atomic mass is 10.1. The molecule has 0 fully saturated rings. The van der Waals surface area contributed by atoms with E-state index in [0.717, 1.165) is 22.8 Å². The van der Waals surface area contributed by atoms with Crippen molar-refractivity contribution in [1.82, 2.24) is 4.98 Å². The highest BCUT2D eigenvalue weighted by atomic mass is 32.1. The third-order valence-electron chi connectivity index (χ3n) is 2.46. The van der Waals surface area contributed by atoms with Gasteiger partial charge in [-0.25, -0.2) is 4.98 Å². The zero-order chi connectivity index (χ0) is 13.0. The van der Waals surface area contributed by atoms with E-state index in [0.29, 0.717) is 0 Å². The molecule has 0 aliphatic heterocycles. The van der Waals surface area contributed by atoms with Crippen molar-refractivity contribution < 1.29 is 4.79 Å². The van der Waals surface area contributed by atoms with Crippen molar-refractivity contribution in [1.29, 1.82) is 0 Å². The zero-order valence-corrected chi connectivity index (χ0v) is 11.0. The lowest BCUT2D eigenvalue weighted by molar-refractivity contribution is -0.111. The predicted molar refractivity (Wildman–Crippen MR) is 74.9 cm³/mol. The number of rotatable bonds is 4. The topological polar surface area (TPSA) is 42.0 Å². The molecule has 1 aromatic heterocycles. The van der Waals surface area contributed by atoms with E-state index in [4.69, 9.17) is 0 Å². The number of hydrogen-bond donors (Lipinski definition) is 1. The van der Waals surface area contributed by atoms with E-state index in [9.17, 15) is 4.79 Å². The van der Waals surface area contributed by atoms with E-state index in [1.54, 1.807) is 11.3 Å². The van der Waals surface area contributed by atoms with Gasteiger partial charge in [-0.2, -0.15) is 0 Å². The monoisotopic (exact) mass is 258 g/mol. The highest BCUT2D eigenvalue weighted by molar-refractivity contribution is 7.09. The van der Waals surface area contributed by atoms with Gasteiger partial charge in [0.1, 0.15) is 0 Å². The van der Waals surface area contributed by atoms with Gasteiger partial charge in [-0.1, -0.05) is 18.7 Å². The second-order valence-corrected chi connectivity index (χ2v) is 4.99. The van der Waals surface area contributed by atoms with Gasteiger partial charge in [0.25, 0.3) is 0 Å². The maximum atomic E-state index is 11.1. The summed E-state index contributed by atoms with van der Waals surface area (Å²) in [6, 6.07) is 7.76. The molecule has 0 radical (unpaired) electrons. The summed E-state index contributed by atoms with van der Waals surface area (Å²) in [4.78, 5) is 15.5. The van der Waals surface area contributed by atoms with Crippen LogP contribution in [0.25, 0.3) is 0 Å². The predicted octanol–water partition coefficient (Wildman–Crippen LogP) is 3.17. The van der Waals surface area contributed by atoms with Crippen LogP contribution >= 0.6 is 11.3 Å². The molecular weight excluding hydrogens is 244 g/mol. The molecule has 2 rings (SSSR count). The number of hydrogen-bond acceptors (Lipinski definition) is 3. The van der Waals surface area contributed by atoms with Crippen molar-refractivity contribution in [2.24, 2.45) is 0 Å². The van der Waals surface area contributed by atoms with Gasteiger partial charge in [0.2, 0.25) is 5.91 Å². The van der Waals surface area contributed by atoms with Crippen molar-refractivity contribution in [2.45, 2.75) is 13.3 Å². The quantitative estimate of drug-likeness (QED) is 0.856. The van der Waals surface area contributed by atoms with Gasteiger partial charge in [-0.15, -0.1) is 11.3 Å². The number of carbonyl (C=O) groups excluding carboxylic acids is 1. The lowest BCUT2D eigenvalue weighted by Crippen LogP contribution is -2.06. The first-order chi connectivity index (χ1) is 8.67. The smallest absolute Gasteiger partial charge is 0.247 e. The van der Waals surface area contributed by atoms with Crippen LogP contribution in [0, 0.1) is 6.92 Å². The fourth-order valence-electron chi connectivity index (χ4n) is 1.60. The Morgan fingerprint density at radius 1 is 1.44 bits per heavy atom. The fraction of sp³-hybridized carbons (Fsp3) is 0.143. The minimum absolute atomic E-state index is 0.196. The SMILES string of the molecule is C=CC(=O)Nc1ccc(Cc2csc(C)n2)cc1. The Bertz CT molecular complexity index is 557. The Morgan fingerprint density at radius 3 is 2.72 bits per heavy atom. The first-order valence-electron chi connectivity index (χ1n) is 5.61. The van der Waals surface area contributed by atoms with Gasteiger partial charge in [0.15, 0.2) is 0 Å². The Balaban J connectivity index is 2.03. The second-order valence-electron chi connectivity index (χ2n) is 3.92. The number of aromatic nitrogens is 1. The molecule has 0 atom stereocenters. The first kappa shape index (κ1) is 12.5. The number of thiazole rings is 1. The van der Waals surface area contributed by atoms with Crippen LogP contribution in [-0.4, -0.2) is 10.9 Å². The molecule has 1 aromatic carbocycles. The summed E-state index contributed by atoms with van der Waals surface area (Å²) in [6.07, 6.45) is 2.08. The molecule has 2 aromatic rings. The van der Waals surface area contributed by atoms with E-state index < -0.39 is 0 Å². The highest BCUT2D eigenvalue weighted by Gasteiger charge is 2.01. The molecule has 1 N–H and O–H groups in total. The van der Waals surface area contributed by atoms with E-state index in [1.807, 2.05) is 31.2 Å². The van der Waals surface area contributed by atoms with Crippen LogP contribution in [0.4, 0.5) is 5.69 Å². The summed E-state index contributed by atoms with van der Waals surface area (Å²) < 4.78 is 0. The van der Waals surface area contributed by atoms with E-state index in [2.05, 4.69) is 22.3 Å². The fourth-order valence-corrected chi connectivity index (χ4v) is 2.21. The van der Waals surface area contributed by atoms with Gasteiger partial charge < -0.3 is 5.32 Å². The van der Waals surface area contributed by atoms with Crippen LogP contribution in [0.2, 0.25) is 0 Å². The number of benzene rings is 1. The van der Waals surface area contributed by atoms with Crippen LogP contribution in [0.3, 0.4) is 0 Å². The van der Waals surface area contributed by atoms with E-state index in [1.165, 1.54) is 11.6 Å². The number of carbonyl (C=O) groups is 1. The molecule has 92 valence electrons. The van der Waals surface area contributed by atoms with Gasteiger partial charge in [0, 0.05) is 17.5 Å². The largest absolute Gasteiger partial charge is 0.323 e. The van der Waals surface area contributed by atoms with Crippen LogP contribution in [-0.2, 0) is 11.2 Å².